The number of nitrogens with zero attached hydrogens (tertiary/aromatic N) is 4. The number of benzene rings is 2. The number of pyridine rings is 1. The molecule has 0 radical (unpaired) electrons. The van der Waals surface area contributed by atoms with Gasteiger partial charge < -0.3 is 14.7 Å². The molecule has 3 aromatic heterocycles. The number of rotatable bonds is 3. The summed E-state index contributed by atoms with van der Waals surface area (Å²) in [6.45, 7) is 0. The van der Waals surface area contributed by atoms with Gasteiger partial charge in [-0.1, -0.05) is 24.3 Å². The second-order valence-corrected chi connectivity index (χ2v) is 6.52. The predicted octanol–water partition coefficient (Wildman–Crippen LogP) is 3.88. The molecule has 3 heterocycles. The number of carbonyl (C=O) groups is 1. The number of hydrogen-bond acceptors (Lipinski definition) is 4. The number of imidazole rings is 2. The van der Waals surface area contributed by atoms with Crippen LogP contribution in [-0.4, -0.2) is 35.6 Å². The number of aromatic carboxylic acids is 1. The molecule has 0 amide bonds. The molecule has 0 fully saturated rings. The first-order valence-electron chi connectivity index (χ1n) is 8.72. The normalized spacial score (nSPS) is 11.3. The highest BCUT2D eigenvalue weighted by molar-refractivity contribution is 5.91. The highest BCUT2D eigenvalue weighted by Gasteiger charge is 2.17. The standard InChI is InChI=1S/C21H15N5O2/c1-26-18-9-5-4-8-15(18)25-20(26)17-11-12(21(27)28)10-16(22-17)19-23-13-6-2-3-7-14(13)24-19/h2-11H,1H3,(H,23,24)(H,27,28). The number of aromatic nitrogens is 5. The topological polar surface area (TPSA) is 96.7 Å². The molecule has 2 N–H and O–H groups in total. The van der Waals surface area contributed by atoms with E-state index in [9.17, 15) is 9.90 Å². The van der Waals surface area contributed by atoms with E-state index >= 15 is 0 Å². The summed E-state index contributed by atoms with van der Waals surface area (Å²) in [7, 11) is 1.89. The van der Waals surface area contributed by atoms with Crippen LogP contribution in [0.2, 0.25) is 0 Å². The molecule has 7 nitrogen and oxygen atoms in total. The molecular weight excluding hydrogens is 354 g/mol. The Kier molecular flexibility index (Phi) is 3.48. The average Bonchev–Trinajstić information content (AvgIpc) is 3.29. The maximum absolute atomic E-state index is 11.7. The van der Waals surface area contributed by atoms with Gasteiger partial charge in [-0.05, 0) is 36.4 Å². The Morgan fingerprint density at radius 3 is 2.39 bits per heavy atom. The molecule has 0 bridgehead atoms. The summed E-state index contributed by atoms with van der Waals surface area (Å²) in [6, 6.07) is 18.4. The Balaban J connectivity index is 1.74. The van der Waals surface area contributed by atoms with Crippen molar-refractivity contribution in [3.63, 3.8) is 0 Å². The van der Waals surface area contributed by atoms with Crippen LogP contribution in [0.15, 0.2) is 60.7 Å². The van der Waals surface area contributed by atoms with Gasteiger partial charge >= 0.3 is 5.97 Å². The molecular formula is C21H15N5O2. The van der Waals surface area contributed by atoms with E-state index in [-0.39, 0.29) is 5.56 Å². The SMILES string of the molecule is Cn1c(-c2cc(C(=O)O)cc(-c3nc4ccccc4[nH]3)n2)nc2ccccc21. The lowest BCUT2D eigenvalue weighted by Gasteiger charge is -2.06. The molecule has 5 aromatic rings. The summed E-state index contributed by atoms with van der Waals surface area (Å²) in [4.78, 5) is 28.8. The van der Waals surface area contributed by atoms with Crippen molar-refractivity contribution in [2.75, 3.05) is 0 Å². The number of carboxylic acids is 1. The second kappa shape index (κ2) is 6.02. The van der Waals surface area contributed by atoms with Crippen molar-refractivity contribution >= 4 is 28.0 Å². The zero-order valence-corrected chi connectivity index (χ0v) is 14.9. The van der Waals surface area contributed by atoms with Gasteiger partial charge in [0.15, 0.2) is 11.6 Å². The number of carboxylic acid groups (broad SMARTS) is 1. The molecule has 2 aromatic carbocycles. The number of aromatic amines is 1. The van der Waals surface area contributed by atoms with Crippen LogP contribution < -0.4 is 0 Å². The molecule has 0 saturated heterocycles. The molecule has 0 aliphatic rings. The Labute approximate surface area is 159 Å². The van der Waals surface area contributed by atoms with Gasteiger partial charge in [-0.25, -0.2) is 19.7 Å². The third-order valence-electron chi connectivity index (χ3n) is 4.72. The van der Waals surface area contributed by atoms with Crippen LogP contribution in [0.4, 0.5) is 0 Å². The Morgan fingerprint density at radius 1 is 0.929 bits per heavy atom. The molecule has 0 atom stereocenters. The van der Waals surface area contributed by atoms with Crippen LogP contribution in [-0.2, 0) is 7.05 Å². The number of fused-ring (bicyclic) bond motifs is 2. The molecule has 0 spiro atoms. The van der Waals surface area contributed by atoms with E-state index in [1.165, 1.54) is 12.1 Å². The van der Waals surface area contributed by atoms with E-state index < -0.39 is 5.97 Å². The summed E-state index contributed by atoms with van der Waals surface area (Å²) < 4.78 is 1.91. The number of aryl methyl sites for hydroxylation is 1. The highest BCUT2D eigenvalue weighted by Crippen LogP contribution is 2.27. The summed E-state index contributed by atoms with van der Waals surface area (Å²) >= 11 is 0. The van der Waals surface area contributed by atoms with Crippen molar-refractivity contribution in [1.82, 2.24) is 24.5 Å². The number of para-hydroxylation sites is 4. The lowest BCUT2D eigenvalue weighted by Crippen LogP contribution is -2.02. The molecule has 0 unspecified atom stereocenters. The van der Waals surface area contributed by atoms with E-state index in [0.717, 1.165) is 22.1 Å². The Hall–Kier alpha value is -4.00. The van der Waals surface area contributed by atoms with Crippen molar-refractivity contribution < 1.29 is 9.90 Å². The first kappa shape index (κ1) is 16.2. The van der Waals surface area contributed by atoms with Gasteiger partial charge in [0.25, 0.3) is 0 Å². The van der Waals surface area contributed by atoms with Crippen molar-refractivity contribution in [3.8, 4) is 23.0 Å². The minimum Gasteiger partial charge on any atom is -0.478 e. The average molecular weight is 369 g/mol. The van der Waals surface area contributed by atoms with Crippen molar-refractivity contribution in [3.05, 3.63) is 66.2 Å². The summed E-state index contributed by atoms with van der Waals surface area (Å²) in [5.41, 5.74) is 4.51. The fraction of sp³-hybridized carbons (Fsp3) is 0.0476. The van der Waals surface area contributed by atoms with Crippen molar-refractivity contribution in [2.45, 2.75) is 0 Å². The summed E-state index contributed by atoms with van der Waals surface area (Å²) in [5, 5.41) is 9.59. The highest BCUT2D eigenvalue weighted by atomic mass is 16.4. The third-order valence-corrected chi connectivity index (χ3v) is 4.72. The van der Waals surface area contributed by atoms with Crippen LogP contribution in [0, 0.1) is 0 Å². The largest absolute Gasteiger partial charge is 0.478 e. The smallest absolute Gasteiger partial charge is 0.335 e. The lowest BCUT2D eigenvalue weighted by molar-refractivity contribution is 0.0697. The van der Waals surface area contributed by atoms with E-state index in [1.807, 2.05) is 60.1 Å². The van der Waals surface area contributed by atoms with E-state index in [4.69, 9.17) is 0 Å². The maximum atomic E-state index is 11.7. The van der Waals surface area contributed by atoms with Gasteiger partial charge in [0.05, 0.1) is 27.6 Å². The van der Waals surface area contributed by atoms with E-state index in [0.29, 0.717) is 23.0 Å². The first-order chi connectivity index (χ1) is 13.6. The van der Waals surface area contributed by atoms with Crippen molar-refractivity contribution in [1.29, 1.82) is 0 Å². The number of nitrogens with one attached hydrogen (secondary N) is 1. The van der Waals surface area contributed by atoms with Gasteiger partial charge in [0.2, 0.25) is 0 Å². The fourth-order valence-corrected chi connectivity index (χ4v) is 3.34. The molecule has 7 heteroatoms. The monoisotopic (exact) mass is 369 g/mol. The van der Waals surface area contributed by atoms with Gasteiger partial charge in [-0.2, -0.15) is 0 Å². The minimum atomic E-state index is -1.03. The third kappa shape index (κ3) is 2.52. The molecule has 0 aliphatic heterocycles. The van der Waals surface area contributed by atoms with Crippen molar-refractivity contribution in [2.24, 2.45) is 7.05 Å². The van der Waals surface area contributed by atoms with Crippen LogP contribution >= 0.6 is 0 Å². The second-order valence-electron chi connectivity index (χ2n) is 6.52. The quantitative estimate of drug-likeness (QED) is 0.503. The molecule has 0 saturated carbocycles. The molecule has 28 heavy (non-hydrogen) atoms. The molecule has 0 aliphatic carbocycles. The van der Waals surface area contributed by atoms with Crippen LogP contribution in [0.5, 0.6) is 0 Å². The minimum absolute atomic E-state index is 0.132. The van der Waals surface area contributed by atoms with Crippen LogP contribution in [0.25, 0.3) is 45.1 Å². The van der Waals surface area contributed by atoms with Gasteiger partial charge in [0, 0.05) is 7.05 Å². The van der Waals surface area contributed by atoms with E-state index in [2.05, 4.69) is 19.9 Å². The summed E-state index contributed by atoms with van der Waals surface area (Å²) in [5.74, 6) is 0.0887. The summed E-state index contributed by atoms with van der Waals surface area (Å²) in [6.07, 6.45) is 0. The fourth-order valence-electron chi connectivity index (χ4n) is 3.34. The van der Waals surface area contributed by atoms with Gasteiger partial charge in [-0.15, -0.1) is 0 Å². The Bertz CT molecular complexity index is 1330. The Morgan fingerprint density at radius 2 is 1.64 bits per heavy atom. The van der Waals surface area contributed by atoms with Crippen LogP contribution in [0.3, 0.4) is 0 Å². The zero-order chi connectivity index (χ0) is 19.3. The van der Waals surface area contributed by atoms with E-state index in [1.54, 1.807) is 0 Å². The van der Waals surface area contributed by atoms with Gasteiger partial charge in [-0.3, -0.25) is 0 Å². The zero-order valence-electron chi connectivity index (χ0n) is 14.9. The number of hydrogen-bond donors (Lipinski definition) is 2. The van der Waals surface area contributed by atoms with Crippen LogP contribution in [0.1, 0.15) is 10.4 Å². The maximum Gasteiger partial charge on any atom is 0.335 e. The van der Waals surface area contributed by atoms with Gasteiger partial charge in [0.1, 0.15) is 11.4 Å². The first-order valence-corrected chi connectivity index (χ1v) is 8.72. The molecule has 5 rings (SSSR count). The lowest BCUT2D eigenvalue weighted by atomic mass is 10.1. The molecule has 136 valence electrons. The predicted molar refractivity (Wildman–Crippen MR) is 106 cm³/mol. The number of H-pyrrole nitrogens is 1.